The zero-order valence-electron chi connectivity index (χ0n) is 13.8. The fourth-order valence-corrected chi connectivity index (χ4v) is 2.65. The van der Waals surface area contributed by atoms with Crippen LogP contribution in [-0.4, -0.2) is 34.8 Å². The summed E-state index contributed by atoms with van der Waals surface area (Å²) in [7, 11) is 0. The number of carbonyl (C=O) groups excluding carboxylic acids is 1. The van der Waals surface area contributed by atoms with Crippen LogP contribution in [-0.2, 0) is 20.8 Å². The number of benzene rings is 2. The summed E-state index contributed by atoms with van der Waals surface area (Å²) in [4.78, 5) is 28.9. The van der Waals surface area contributed by atoms with Gasteiger partial charge in [-0.1, -0.05) is 47.6 Å². The van der Waals surface area contributed by atoms with Crippen LogP contribution in [0.15, 0.2) is 59.8 Å². The van der Waals surface area contributed by atoms with Gasteiger partial charge in [-0.25, -0.2) is 9.18 Å². The van der Waals surface area contributed by atoms with Crippen molar-refractivity contribution in [1.29, 1.82) is 0 Å². The Kier molecular flexibility index (Phi) is 5.26. The number of oxime groups is 1. The van der Waals surface area contributed by atoms with Gasteiger partial charge in [0.25, 0.3) is 5.91 Å². The molecule has 2 aromatic carbocycles. The predicted molar refractivity (Wildman–Crippen MR) is 92.1 cm³/mol. The maximum absolute atomic E-state index is 13.0. The number of hydrogen-bond acceptors (Lipinski definition) is 4. The van der Waals surface area contributed by atoms with Gasteiger partial charge in [-0.15, -0.1) is 0 Å². The molecule has 1 amide bonds. The zero-order valence-corrected chi connectivity index (χ0v) is 13.8. The molecule has 7 heteroatoms. The van der Waals surface area contributed by atoms with Gasteiger partial charge in [-0.3, -0.25) is 4.79 Å². The molecule has 6 nitrogen and oxygen atoms in total. The van der Waals surface area contributed by atoms with Gasteiger partial charge < -0.3 is 15.3 Å². The largest absolute Gasteiger partial charge is 0.480 e. The first-order valence-corrected chi connectivity index (χ1v) is 8.08. The Balaban J connectivity index is 1.60. The van der Waals surface area contributed by atoms with E-state index in [-0.39, 0.29) is 18.7 Å². The molecule has 2 N–H and O–H groups in total. The van der Waals surface area contributed by atoms with Crippen molar-refractivity contribution >= 4 is 17.6 Å². The number of rotatable bonds is 6. The lowest BCUT2D eigenvalue weighted by Gasteiger charge is -2.16. The van der Waals surface area contributed by atoms with Crippen molar-refractivity contribution in [3.63, 3.8) is 0 Å². The summed E-state index contributed by atoms with van der Waals surface area (Å²) in [5.74, 6) is -2.04. The minimum Gasteiger partial charge on any atom is -0.480 e. The maximum Gasteiger partial charge on any atom is 0.326 e. The molecule has 0 aromatic heterocycles. The molecule has 2 atom stereocenters. The summed E-state index contributed by atoms with van der Waals surface area (Å²) in [6.07, 6.45) is -0.553. The van der Waals surface area contributed by atoms with Crippen LogP contribution in [0.4, 0.5) is 4.39 Å². The Morgan fingerprint density at radius 1 is 1.19 bits per heavy atom. The van der Waals surface area contributed by atoms with Crippen molar-refractivity contribution in [3.05, 3.63) is 71.5 Å². The van der Waals surface area contributed by atoms with Gasteiger partial charge in [-0.2, -0.15) is 0 Å². The molecule has 1 heterocycles. The van der Waals surface area contributed by atoms with Gasteiger partial charge in [0.15, 0.2) is 0 Å². The minimum absolute atomic E-state index is 0.167. The van der Waals surface area contributed by atoms with Crippen molar-refractivity contribution < 1.29 is 23.9 Å². The Morgan fingerprint density at radius 3 is 2.54 bits per heavy atom. The third kappa shape index (κ3) is 4.24. The number of carbonyl (C=O) groups is 2. The molecule has 0 spiro atoms. The first-order chi connectivity index (χ1) is 12.5. The zero-order chi connectivity index (χ0) is 18.5. The first kappa shape index (κ1) is 17.6. The molecule has 2 aromatic rings. The van der Waals surface area contributed by atoms with Crippen molar-refractivity contribution in [3.8, 4) is 0 Å². The summed E-state index contributed by atoms with van der Waals surface area (Å²) in [6, 6.07) is 13.7. The van der Waals surface area contributed by atoms with E-state index in [9.17, 15) is 19.1 Å². The quantitative estimate of drug-likeness (QED) is 0.830. The SMILES string of the molecule is O=C(O)[C@@H](Cc1ccccc1)NC(=O)[C@H]1CC(c2ccc(F)cc2)=NO1. The summed E-state index contributed by atoms with van der Waals surface area (Å²) >= 11 is 0. The van der Waals surface area contributed by atoms with Crippen LogP contribution < -0.4 is 5.32 Å². The Hall–Kier alpha value is -3.22. The van der Waals surface area contributed by atoms with Crippen LogP contribution in [0.25, 0.3) is 0 Å². The summed E-state index contributed by atoms with van der Waals surface area (Å²) in [5.41, 5.74) is 1.97. The summed E-state index contributed by atoms with van der Waals surface area (Å²) in [5, 5.41) is 15.7. The van der Waals surface area contributed by atoms with Crippen LogP contribution >= 0.6 is 0 Å². The molecule has 0 saturated carbocycles. The highest BCUT2D eigenvalue weighted by Gasteiger charge is 2.32. The van der Waals surface area contributed by atoms with Crippen LogP contribution in [0, 0.1) is 5.82 Å². The van der Waals surface area contributed by atoms with Crippen molar-refractivity contribution in [2.75, 3.05) is 0 Å². The van der Waals surface area contributed by atoms with Gasteiger partial charge in [0, 0.05) is 12.8 Å². The second-order valence-corrected chi connectivity index (χ2v) is 5.93. The molecule has 26 heavy (non-hydrogen) atoms. The van der Waals surface area contributed by atoms with Gasteiger partial charge >= 0.3 is 5.97 Å². The molecular formula is C19H17FN2O4. The van der Waals surface area contributed by atoms with Crippen LogP contribution in [0.1, 0.15) is 17.5 Å². The van der Waals surface area contributed by atoms with Gasteiger partial charge in [0.05, 0.1) is 5.71 Å². The third-order valence-electron chi connectivity index (χ3n) is 4.04. The predicted octanol–water partition coefficient (Wildman–Crippen LogP) is 2.13. The molecule has 1 aliphatic heterocycles. The molecule has 3 rings (SSSR count). The highest BCUT2D eigenvalue weighted by Crippen LogP contribution is 2.17. The maximum atomic E-state index is 13.0. The molecule has 1 aliphatic rings. The molecular weight excluding hydrogens is 339 g/mol. The number of nitrogens with one attached hydrogen (secondary N) is 1. The smallest absolute Gasteiger partial charge is 0.326 e. The molecule has 0 saturated heterocycles. The number of halogens is 1. The van der Waals surface area contributed by atoms with E-state index in [2.05, 4.69) is 10.5 Å². The van der Waals surface area contributed by atoms with Crippen molar-refractivity contribution in [2.45, 2.75) is 25.0 Å². The highest BCUT2D eigenvalue weighted by atomic mass is 19.1. The Labute approximate surface area is 149 Å². The Bertz CT molecular complexity index is 821. The Morgan fingerprint density at radius 2 is 1.88 bits per heavy atom. The van der Waals surface area contributed by atoms with Gasteiger partial charge in [-0.05, 0) is 23.3 Å². The number of nitrogens with zero attached hydrogens (tertiary/aromatic N) is 1. The monoisotopic (exact) mass is 356 g/mol. The van der Waals surface area contributed by atoms with E-state index in [1.807, 2.05) is 6.07 Å². The summed E-state index contributed by atoms with van der Waals surface area (Å²) in [6.45, 7) is 0. The van der Waals surface area contributed by atoms with E-state index in [4.69, 9.17) is 4.84 Å². The second-order valence-electron chi connectivity index (χ2n) is 5.93. The van der Waals surface area contributed by atoms with E-state index in [0.717, 1.165) is 5.56 Å². The number of carboxylic acids is 1. The second kappa shape index (κ2) is 7.77. The van der Waals surface area contributed by atoms with Gasteiger partial charge in [0.1, 0.15) is 11.9 Å². The number of carboxylic acid groups (broad SMARTS) is 1. The molecule has 0 radical (unpaired) electrons. The number of hydrogen-bond donors (Lipinski definition) is 2. The van der Waals surface area contributed by atoms with Crippen LogP contribution in [0.2, 0.25) is 0 Å². The minimum atomic E-state index is -1.13. The topological polar surface area (TPSA) is 88.0 Å². The fourth-order valence-electron chi connectivity index (χ4n) is 2.65. The average molecular weight is 356 g/mol. The van der Waals surface area contributed by atoms with Crippen molar-refractivity contribution in [1.82, 2.24) is 5.32 Å². The van der Waals surface area contributed by atoms with E-state index < -0.39 is 24.0 Å². The lowest BCUT2D eigenvalue weighted by atomic mass is 10.0. The number of aliphatic carboxylic acids is 1. The molecule has 0 unspecified atom stereocenters. The molecule has 0 fully saturated rings. The van der Waals surface area contributed by atoms with E-state index in [1.54, 1.807) is 36.4 Å². The third-order valence-corrected chi connectivity index (χ3v) is 4.04. The average Bonchev–Trinajstić information content (AvgIpc) is 3.13. The normalized spacial score (nSPS) is 17.1. The fraction of sp³-hybridized carbons (Fsp3) is 0.211. The standard InChI is InChI=1S/C19H17FN2O4/c20-14-8-6-13(7-9-14)15-11-17(26-22-15)18(23)21-16(19(24)25)10-12-4-2-1-3-5-12/h1-9,16-17H,10-11H2,(H,21,23)(H,24,25)/t16-,17-/m1/s1. The van der Waals surface area contributed by atoms with E-state index in [1.165, 1.54) is 12.1 Å². The summed E-state index contributed by atoms with van der Waals surface area (Å²) < 4.78 is 13.0. The first-order valence-electron chi connectivity index (χ1n) is 8.08. The van der Waals surface area contributed by atoms with Gasteiger partial charge in [0.2, 0.25) is 6.10 Å². The number of amides is 1. The van der Waals surface area contributed by atoms with E-state index >= 15 is 0 Å². The van der Waals surface area contributed by atoms with Crippen molar-refractivity contribution in [2.24, 2.45) is 5.16 Å². The lowest BCUT2D eigenvalue weighted by Crippen LogP contribution is -2.46. The van der Waals surface area contributed by atoms with Crippen LogP contribution in [0.5, 0.6) is 0 Å². The lowest BCUT2D eigenvalue weighted by molar-refractivity contribution is -0.143. The molecule has 134 valence electrons. The molecule has 0 aliphatic carbocycles. The highest BCUT2D eigenvalue weighted by molar-refractivity contribution is 6.04. The van der Waals surface area contributed by atoms with E-state index in [0.29, 0.717) is 11.3 Å². The molecule has 0 bridgehead atoms. The van der Waals surface area contributed by atoms with Crippen LogP contribution in [0.3, 0.4) is 0 Å².